The fourth-order valence-corrected chi connectivity index (χ4v) is 2.53. The van der Waals surface area contributed by atoms with E-state index < -0.39 is 11.9 Å². The summed E-state index contributed by atoms with van der Waals surface area (Å²) in [6.07, 6.45) is 19.7. The second kappa shape index (κ2) is 34.7. The van der Waals surface area contributed by atoms with Crippen molar-refractivity contribution in [2.45, 2.75) is 118 Å². The number of carbonyl (C=O) groups excluding carboxylic acids is 2. The number of allylic oxidation sites excluding steroid dienone is 2. The van der Waals surface area contributed by atoms with E-state index in [2.05, 4.69) is 13.2 Å². The molecule has 0 unspecified atom stereocenters. The SMILES string of the molecule is C.C.C=CCCCCCCCCC(=O)[O-].C=CCCCCCCCCC(=O)[O-].[Sn+2]. The Hall–Kier alpha value is -0.781. The molecule has 0 bridgehead atoms. The van der Waals surface area contributed by atoms with E-state index in [-0.39, 0.29) is 51.6 Å². The Balaban J connectivity index is -0.000000120. The summed E-state index contributed by atoms with van der Waals surface area (Å²) in [4.78, 5) is 20.1. The van der Waals surface area contributed by atoms with Crippen molar-refractivity contribution in [1.82, 2.24) is 0 Å². The van der Waals surface area contributed by atoms with Crippen LogP contribution in [0.2, 0.25) is 0 Å². The summed E-state index contributed by atoms with van der Waals surface area (Å²) in [6.45, 7) is 7.31. The van der Waals surface area contributed by atoms with Gasteiger partial charge in [0, 0.05) is 11.9 Å². The molecule has 0 saturated heterocycles. The van der Waals surface area contributed by atoms with Crippen molar-refractivity contribution < 1.29 is 19.8 Å². The van der Waals surface area contributed by atoms with Gasteiger partial charge in [-0.1, -0.05) is 78.4 Å². The summed E-state index contributed by atoms with van der Waals surface area (Å²) < 4.78 is 0. The minimum Gasteiger partial charge on any atom is -0.550 e. The average molecular weight is 517 g/mol. The zero-order chi connectivity index (χ0) is 19.9. The van der Waals surface area contributed by atoms with Crippen molar-refractivity contribution in [2.24, 2.45) is 0 Å². The van der Waals surface area contributed by atoms with E-state index in [9.17, 15) is 19.8 Å². The second-order valence-electron chi connectivity index (χ2n) is 6.64. The van der Waals surface area contributed by atoms with Gasteiger partial charge in [0.2, 0.25) is 0 Å². The Kier molecular flexibility index (Phi) is 46.4. The van der Waals surface area contributed by atoms with Crippen LogP contribution in [0, 0.1) is 0 Å². The van der Waals surface area contributed by atoms with E-state index in [1.807, 2.05) is 12.2 Å². The van der Waals surface area contributed by atoms with Crippen LogP contribution < -0.4 is 10.2 Å². The molecule has 0 aromatic heterocycles. The molecule has 0 amide bonds. The molecule has 0 aliphatic carbocycles. The molecular weight excluding hydrogens is 471 g/mol. The van der Waals surface area contributed by atoms with Gasteiger partial charge < -0.3 is 19.8 Å². The first-order valence-electron chi connectivity index (χ1n) is 10.2. The molecule has 0 rings (SSSR count). The molecule has 0 fully saturated rings. The minimum absolute atomic E-state index is 0. The Labute approximate surface area is 198 Å². The Morgan fingerprint density at radius 1 is 0.552 bits per heavy atom. The van der Waals surface area contributed by atoms with Gasteiger partial charge in [0.25, 0.3) is 0 Å². The molecule has 0 aliphatic heterocycles. The van der Waals surface area contributed by atoms with Gasteiger partial charge in [0.15, 0.2) is 0 Å². The molecule has 5 heteroatoms. The molecule has 4 nitrogen and oxygen atoms in total. The zero-order valence-corrected chi connectivity index (χ0v) is 19.9. The fraction of sp³-hybridized carbons (Fsp3) is 0.750. The van der Waals surface area contributed by atoms with Crippen molar-refractivity contribution >= 4 is 35.8 Å². The maximum Gasteiger partial charge on any atom is 2.00 e. The standard InChI is InChI=1S/2C11H20O2.2CH4.Sn/c2*1-2-3-4-5-6-7-8-9-10-11(12)13;;;/h2*2H,1,3-10H2,(H,12,13);2*1H4;/q;;;;+2/p-2. The van der Waals surface area contributed by atoms with E-state index >= 15 is 0 Å². The van der Waals surface area contributed by atoms with E-state index in [4.69, 9.17) is 0 Å². The Morgan fingerprint density at radius 3 is 1.03 bits per heavy atom. The van der Waals surface area contributed by atoms with E-state index in [0.29, 0.717) is 0 Å². The Bertz CT molecular complexity index is 323. The zero-order valence-electron chi connectivity index (χ0n) is 17.0. The van der Waals surface area contributed by atoms with E-state index in [1.54, 1.807) is 0 Å². The van der Waals surface area contributed by atoms with Gasteiger partial charge in [-0.3, -0.25) is 0 Å². The topological polar surface area (TPSA) is 80.3 Å². The third kappa shape index (κ3) is 46.9. The summed E-state index contributed by atoms with van der Waals surface area (Å²) >= 11 is 0. The molecule has 0 aliphatic rings. The average Bonchev–Trinajstić information content (AvgIpc) is 2.60. The number of unbranched alkanes of at least 4 members (excludes halogenated alkanes) is 12. The summed E-state index contributed by atoms with van der Waals surface area (Å²) in [7, 11) is 0. The normalized spacial score (nSPS) is 8.83. The number of aliphatic carboxylic acids is 2. The van der Waals surface area contributed by atoms with Crippen LogP contribution in [0.1, 0.15) is 118 Å². The molecule has 2 radical (unpaired) electrons. The smallest absolute Gasteiger partial charge is 0.550 e. The van der Waals surface area contributed by atoms with Crippen LogP contribution in [0.4, 0.5) is 0 Å². The van der Waals surface area contributed by atoms with Crippen LogP contribution in [-0.4, -0.2) is 35.8 Å². The predicted octanol–water partition coefficient (Wildman–Crippen LogP) is 4.98. The summed E-state index contributed by atoms with van der Waals surface area (Å²) in [5, 5.41) is 20.1. The third-order valence-corrected chi connectivity index (χ3v) is 4.08. The summed E-state index contributed by atoms with van der Waals surface area (Å²) in [6, 6.07) is 0. The number of carbonyl (C=O) groups is 2. The van der Waals surface area contributed by atoms with Gasteiger partial charge in [-0.25, -0.2) is 0 Å². The van der Waals surface area contributed by atoms with Crippen LogP contribution in [0.5, 0.6) is 0 Å². The largest absolute Gasteiger partial charge is 2.00 e. The number of hydrogen-bond acceptors (Lipinski definition) is 4. The summed E-state index contributed by atoms with van der Waals surface area (Å²) in [5.74, 6) is -1.85. The van der Waals surface area contributed by atoms with Crippen molar-refractivity contribution in [2.75, 3.05) is 0 Å². The summed E-state index contributed by atoms with van der Waals surface area (Å²) in [5.41, 5.74) is 0. The maximum absolute atomic E-state index is 10.1. The first-order valence-corrected chi connectivity index (χ1v) is 10.2. The number of carboxylic acids is 2. The van der Waals surface area contributed by atoms with Crippen LogP contribution >= 0.6 is 0 Å². The molecule has 0 spiro atoms. The molecule has 0 N–H and O–H groups in total. The van der Waals surface area contributed by atoms with Crippen molar-refractivity contribution in [3.63, 3.8) is 0 Å². The van der Waals surface area contributed by atoms with Crippen molar-refractivity contribution in [3.05, 3.63) is 25.3 Å². The van der Waals surface area contributed by atoms with Crippen LogP contribution in [0.15, 0.2) is 25.3 Å². The van der Waals surface area contributed by atoms with E-state index in [1.165, 1.54) is 38.5 Å². The van der Waals surface area contributed by atoms with Crippen LogP contribution in [0.3, 0.4) is 0 Å². The number of hydrogen-bond donors (Lipinski definition) is 0. The second-order valence-corrected chi connectivity index (χ2v) is 6.64. The van der Waals surface area contributed by atoms with Crippen LogP contribution in [-0.2, 0) is 9.59 Å². The minimum atomic E-state index is -0.924. The molecule has 0 heterocycles. The number of rotatable bonds is 18. The quantitative estimate of drug-likeness (QED) is 0.146. The molecule has 29 heavy (non-hydrogen) atoms. The Morgan fingerprint density at radius 2 is 0.793 bits per heavy atom. The van der Waals surface area contributed by atoms with E-state index in [0.717, 1.165) is 51.4 Å². The maximum atomic E-state index is 10.1. The van der Waals surface area contributed by atoms with Crippen LogP contribution in [0.25, 0.3) is 0 Å². The molecule has 0 atom stereocenters. The third-order valence-electron chi connectivity index (χ3n) is 4.08. The van der Waals surface area contributed by atoms with Gasteiger partial charge in [0.1, 0.15) is 0 Å². The first kappa shape index (κ1) is 38.8. The first-order chi connectivity index (χ1) is 12.5. The van der Waals surface area contributed by atoms with Gasteiger partial charge in [-0.2, -0.15) is 0 Å². The van der Waals surface area contributed by atoms with Gasteiger partial charge in [-0.15, -0.1) is 13.2 Å². The predicted molar refractivity (Wildman–Crippen MR) is 123 cm³/mol. The molecule has 0 aromatic rings. The van der Waals surface area contributed by atoms with Crippen molar-refractivity contribution in [1.29, 1.82) is 0 Å². The van der Waals surface area contributed by atoms with Crippen molar-refractivity contribution in [3.8, 4) is 0 Å². The number of carboxylic acid groups (broad SMARTS) is 2. The fourth-order valence-electron chi connectivity index (χ4n) is 2.53. The van der Waals surface area contributed by atoms with Gasteiger partial charge in [0.05, 0.1) is 0 Å². The molecule has 0 saturated carbocycles. The molecular formula is C24H46O4Sn. The molecule has 170 valence electrons. The van der Waals surface area contributed by atoms with Gasteiger partial charge >= 0.3 is 23.9 Å². The van der Waals surface area contributed by atoms with Gasteiger partial charge in [-0.05, 0) is 51.4 Å². The molecule has 0 aromatic carbocycles. The monoisotopic (exact) mass is 518 g/mol.